The summed E-state index contributed by atoms with van der Waals surface area (Å²) in [6, 6.07) is 6.78. The van der Waals surface area contributed by atoms with Crippen LogP contribution in [0, 0.1) is 40.3 Å². The third-order valence-corrected chi connectivity index (χ3v) is 9.65. The van der Waals surface area contributed by atoms with Crippen molar-refractivity contribution in [2.24, 2.45) is 34.5 Å². The van der Waals surface area contributed by atoms with Crippen molar-refractivity contribution in [2.75, 3.05) is 0 Å². The number of benzene rings is 1. The van der Waals surface area contributed by atoms with Crippen LogP contribution in [0.3, 0.4) is 0 Å². The fourth-order valence-corrected chi connectivity index (χ4v) is 8.10. The van der Waals surface area contributed by atoms with E-state index >= 15 is 0 Å². The minimum absolute atomic E-state index is 0.00180. The Morgan fingerprint density at radius 2 is 1.86 bits per heavy atom. The molecule has 4 aliphatic rings. The Morgan fingerprint density at radius 1 is 1.00 bits per heavy atom. The molecule has 5 rings (SSSR count). The van der Waals surface area contributed by atoms with Crippen molar-refractivity contribution in [3.05, 3.63) is 41.2 Å². The van der Waals surface area contributed by atoms with E-state index < -0.39 is 0 Å². The van der Waals surface area contributed by atoms with Gasteiger partial charge in [-0.2, -0.15) is 0 Å². The number of hydrogen-bond acceptors (Lipinski definition) is 1. The molecular weight excluding hydrogens is 347 g/mol. The molecule has 0 saturated heterocycles. The van der Waals surface area contributed by atoms with Crippen LogP contribution in [0.4, 0.5) is 4.39 Å². The Morgan fingerprint density at radius 3 is 2.68 bits per heavy atom. The molecule has 1 aromatic rings. The van der Waals surface area contributed by atoms with Crippen LogP contribution in [0.1, 0.15) is 77.2 Å². The average molecular weight is 383 g/mol. The van der Waals surface area contributed by atoms with Gasteiger partial charge in [0.2, 0.25) is 0 Å². The summed E-state index contributed by atoms with van der Waals surface area (Å²) in [5, 5.41) is 11.3. The number of fused-ring (bicyclic) bond motifs is 5. The molecule has 0 unspecified atom stereocenters. The molecule has 7 atom stereocenters. The third kappa shape index (κ3) is 2.74. The van der Waals surface area contributed by atoms with Crippen molar-refractivity contribution in [3.63, 3.8) is 0 Å². The first-order valence-corrected chi connectivity index (χ1v) is 11.6. The van der Waals surface area contributed by atoms with E-state index in [2.05, 4.69) is 19.9 Å². The van der Waals surface area contributed by atoms with Crippen LogP contribution in [-0.4, -0.2) is 11.2 Å². The Kier molecular flexibility index (Phi) is 4.50. The highest BCUT2D eigenvalue weighted by Gasteiger charge is 2.60. The maximum Gasteiger partial charge on any atom is 0.123 e. The molecule has 0 heterocycles. The Hall–Kier alpha value is -1.15. The Bertz CT molecular complexity index is 784. The fraction of sp³-hybridized carbons (Fsp3) is 0.692. The zero-order chi connectivity index (χ0) is 19.5. The summed E-state index contributed by atoms with van der Waals surface area (Å²) in [7, 11) is 0. The zero-order valence-electron chi connectivity index (χ0n) is 17.5. The predicted octanol–water partition coefficient (Wildman–Crippen LogP) is 6.61. The highest BCUT2D eigenvalue weighted by atomic mass is 19.1. The maximum atomic E-state index is 13.6. The van der Waals surface area contributed by atoms with E-state index in [1.165, 1.54) is 51.0 Å². The lowest BCUT2D eigenvalue weighted by Gasteiger charge is -2.60. The van der Waals surface area contributed by atoms with E-state index in [9.17, 15) is 9.50 Å². The van der Waals surface area contributed by atoms with Gasteiger partial charge in [0.05, 0.1) is 6.10 Å². The van der Waals surface area contributed by atoms with Gasteiger partial charge in [0, 0.05) is 5.41 Å². The molecule has 0 aliphatic heterocycles. The monoisotopic (exact) mass is 382 g/mol. The van der Waals surface area contributed by atoms with Crippen molar-refractivity contribution in [1.29, 1.82) is 0 Å². The molecule has 4 saturated carbocycles. The lowest BCUT2D eigenvalue weighted by molar-refractivity contribution is -0.119. The number of aliphatic hydroxyl groups is 1. The molecule has 0 amide bonds. The van der Waals surface area contributed by atoms with Gasteiger partial charge >= 0.3 is 0 Å². The van der Waals surface area contributed by atoms with Crippen molar-refractivity contribution in [1.82, 2.24) is 0 Å². The normalized spacial score (nSPS) is 46.7. The first kappa shape index (κ1) is 18.9. The van der Waals surface area contributed by atoms with Crippen LogP contribution < -0.4 is 0 Å². The lowest BCUT2D eigenvalue weighted by Crippen LogP contribution is -2.53. The quantitative estimate of drug-likeness (QED) is 0.579. The SMILES string of the molecule is C[C@]12CCCC[C@H]1CC[C@@H]1[C@@H]2CC[C@]2(C)[C@@H](O)/C(=C/c3cccc(F)c3)C[C@@H]12. The van der Waals surface area contributed by atoms with Gasteiger partial charge in [0.25, 0.3) is 0 Å². The summed E-state index contributed by atoms with van der Waals surface area (Å²) in [6.07, 6.45) is 13.6. The number of rotatable bonds is 1. The van der Waals surface area contributed by atoms with E-state index in [-0.39, 0.29) is 17.3 Å². The van der Waals surface area contributed by atoms with Gasteiger partial charge in [-0.25, -0.2) is 4.39 Å². The van der Waals surface area contributed by atoms with Crippen molar-refractivity contribution >= 4 is 6.08 Å². The van der Waals surface area contributed by atoms with Gasteiger partial charge in [-0.05, 0) is 97.3 Å². The Balaban J connectivity index is 1.46. The summed E-state index contributed by atoms with van der Waals surface area (Å²) >= 11 is 0. The maximum absolute atomic E-state index is 13.6. The second kappa shape index (κ2) is 6.69. The summed E-state index contributed by atoms with van der Waals surface area (Å²) in [5.41, 5.74) is 2.55. The van der Waals surface area contributed by atoms with Crippen molar-refractivity contribution in [2.45, 2.75) is 77.7 Å². The van der Waals surface area contributed by atoms with E-state index in [1.54, 1.807) is 12.1 Å². The van der Waals surface area contributed by atoms with Gasteiger partial charge in [-0.1, -0.05) is 44.9 Å². The molecule has 28 heavy (non-hydrogen) atoms. The molecular formula is C26H35FO. The zero-order valence-corrected chi connectivity index (χ0v) is 17.5. The molecule has 4 aliphatic carbocycles. The van der Waals surface area contributed by atoms with Crippen molar-refractivity contribution < 1.29 is 9.50 Å². The summed E-state index contributed by atoms with van der Waals surface area (Å²) in [4.78, 5) is 0. The van der Waals surface area contributed by atoms with Crippen molar-refractivity contribution in [3.8, 4) is 0 Å². The van der Waals surface area contributed by atoms with Crippen LogP contribution in [-0.2, 0) is 0 Å². The van der Waals surface area contributed by atoms with E-state index in [1.807, 2.05) is 6.07 Å². The van der Waals surface area contributed by atoms with Gasteiger partial charge in [-0.3, -0.25) is 0 Å². The molecule has 2 heteroatoms. The second-order valence-electron chi connectivity index (χ2n) is 10.8. The standard InChI is InChI=1S/C26H35FO/c1-25-12-4-3-7-19(25)9-10-21-22(25)11-13-26(2)23(21)16-18(24(26)28)14-17-6-5-8-20(27)15-17/h5-6,8,14-15,19,21-24,28H,3-4,7,9-13,16H2,1-2H3/b18-14+/t19-,21+,22-,23-,24-,25-,26-/m0/s1. The molecule has 0 radical (unpaired) electrons. The lowest BCUT2D eigenvalue weighted by atomic mass is 9.45. The smallest absolute Gasteiger partial charge is 0.123 e. The first-order chi connectivity index (χ1) is 13.4. The molecule has 0 aromatic heterocycles. The van der Waals surface area contributed by atoms with Gasteiger partial charge in [0.15, 0.2) is 0 Å². The minimum atomic E-state index is -0.376. The van der Waals surface area contributed by atoms with Crippen LogP contribution in [0.15, 0.2) is 29.8 Å². The summed E-state index contributed by atoms with van der Waals surface area (Å²) in [6.45, 7) is 4.94. The van der Waals surface area contributed by atoms with E-state index in [4.69, 9.17) is 0 Å². The topological polar surface area (TPSA) is 20.2 Å². The van der Waals surface area contributed by atoms with E-state index in [0.717, 1.165) is 41.7 Å². The molecule has 1 aromatic carbocycles. The van der Waals surface area contributed by atoms with Crippen LogP contribution >= 0.6 is 0 Å². The highest BCUT2D eigenvalue weighted by Crippen LogP contribution is 2.67. The first-order valence-electron chi connectivity index (χ1n) is 11.6. The molecule has 152 valence electrons. The number of halogens is 1. The third-order valence-electron chi connectivity index (χ3n) is 9.65. The fourth-order valence-electron chi connectivity index (χ4n) is 8.10. The largest absolute Gasteiger partial charge is 0.388 e. The predicted molar refractivity (Wildman–Crippen MR) is 112 cm³/mol. The Labute approximate surface area is 169 Å². The minimum Gasteiger partial charge on any atom is -0.388 e. The van der Waals surface area contributed by atoms with Gasteiger partial charge in [0.1, 0.15) is 5.82 Å². The van der Waals surface area contributed by atoms with E-state index in [0.29, 0.717) is 11.3 Å². The molecule has 4 fully saturated rings. The summed E-state index contributed by atoms with van der Waals surface area (Å²) < 4.78 is 13.6. The molecule has 0 spiro atoms. The number of hydrogen-bond donors (Lipinski definition) is 1. The summed E-state index contributed by atoms with van der Waals surface area (Å²) in [5.74, 6) is 2.91. The van der Waals surface area contributed by atoms with Crippen LogP contribution in [0.25, 0.3) is 6.08 Å². The average Bonchev–Trinajstić information content (AvgIpc) is 2.92. The number of aliphatic hydroxyl groups excluding tert-OH is 1. The van der Waals surface area contributed by atoms with Crippen LogP contribution in [0.5, 0.6) is 0 Å². The van der Waals surface area contributed by atoms with Gasteiger partial charge in [-0.15, -0.1) is 0 Å². The second-order valence-corrected chi connectivity index (χ2v) is 10.8. The highest BCUT2D eigenvalue weighted by molar-refractivity contribution is 5.55. The molecule has 1 N–H and O–H groups in total. The van der Waals surface area contributed by atoms with Crippen LogP contribution in [0.2, 0.25) is 0 Å². The molecule has 0 bridgehead atoms. The van der Waals surface area contributed by atoms with Gasteiger partial charge < -0.3 is 5.11 Å². The molecule has 1 nitrogen and oxygen atoms in total.